The maximum Gasteiger partial charge on any atom is 0.511 e. The molecule has 3 aromatic carbocycles. The van der Waals surface area contributed by atoms with E-state index in [0.29, 0.717) is 30.0 Å². The van der Waals surface area contributed by atoms with Crippen LogP contribution in [0, 0.1) is 5.82 Å². The molecule has 1 N–H and O–H groups in total. The maximum absolute atomic E-state index is 15.6. The Hall–Kier alpha value is -4.37. The van der Waals surface area contributed by atoms with Crippen LogP contribution in [0.25, 0.3) is 16.6 Å². The minimum absolute atomic E-state index is 0.00557. The highest BCUT2D eigenvalue weighted by molar-refractivity contribution is 5.86. The molecule has 0 aliphatic carbocycles. The standard InChI is InChI=1S/C30H31FN4O4/c1-20-17-33(22-7-5-4-6-8-22)13-14-34(20)27-16-26-24(15-25(27)31)29(36)28(39-30(37)38)19-35(26)23-11-9-21(10-12-23)18-32(2)3/h4-12,15-16,19-20H,13-14,17-18H2,1-3H3,(H,37,38). The Bertz CT molecular complexity index is 1550. The monoisotopic (exact) mass is 530 g/mol. The smallest absolute Gasteiger partial charge is 0.449 e. The predicted octanol–water partition coefficient (Wildman–Crippen LogP) is 4.96. The molecule has 1 unspecified atom stereocenters. The van der Waals surface area contributed by atoms with E-state index in [-0.39, 0.29) is 17.2 Å². The molecule has 5 rings (SSSR count). The number of aromatic nitrogens is 1. The Balaban J connectivity index is 1.58. The lowest BCUT2D eigenvalue weighted by molar-refractivity contribution is 0.144. The van der Waals surface area contributed by atoms with Gasteiger partial charge in [-0.15, -0.1) is 0 Å². The summed E-state index contributed by atoms with van der Waals surface area (Å²) in [6.07, 6.45) is -0.250. The van der Waals surface area contributed by atoms with Crippen LogP contribution in [0.1, 0.15) is 12.5 Å². The van der Waals surface area contributed by atoms with Crippen molar-refractivity contribution in [3.05, 3.63) is 94.5 Å². The molecule has 0 saturated carbocycles. The van der Waals surface area contributed by atoms with Crippen molar-refractivity contribution in [2.24, 2.45) is 0 Å². The number of ether oxygens (including phenoxy) is 1. The minimum atomic E-state index is -1.61. The van der Waals surface area contributed by atoms with Crippen molar-refractivity contribution in [3.63, 3.8) is 0 Å². The van der Waals surface area contributed by atoms with Crippen molar-refractivity contribution in [2.75, 3.05) is 43.5 Å². The minimum Gasteiger partial charge on any atom is -0.449 e. The van der Waals surface area contributed by atoms with E-state index in [1.165, 1.54) is 12.3 Å². The van der Waals surface area contributed by atoms with Crippen LogP contribution in [0.4, 0.5) is 20.6 Å². The van der Waals surface area contributed by atoms with Crippen molar-refractivity contribution < 1.29 is 19.0 Å². The van der Waals surface area contributed by atoms with Crippen LogP contribution >= 0.6 is 0 Å². The third kappa shape index (κ3) is 5.44. The number of halogens is 1. The molecule has 1 aliphatic heterocycles. The summed E-state index contributed by atoms with van der Waals surface area (Å²) >= 11 is 0. The highest BCUT2D eigenvalue weighted by atomic mass is 19.1. The van der Waals surface area contributed by atoms with Gasteiger partial charge in [-0.05, 0) is 63.0 Å². The van der Waals surface area contributed by atoms with E-state index >= 15 is 4.39 Å². The number of piperazine rings is 1. The SMILES string of the molecule is CC1CN(c2ccccc2)CCN1c1cc2c(cc1F)c(=O)c(OC(=O)O)cn2-c1ccc(CN(C)C)cc1. The van der Waals surface area contributed by atoms with Gasteiger partial charge < -0.3 is 29.1 Å². The Kier molecular flexibility index (Phi) is 7.26. The molecule has 9 heteroatoms. The Morgan fingerprint density at radius 2 is 1.77 bits per heavy atom. The predicted molar refractivity (Wildman–Crippen MR) is 151 cm³/mol. The number of hydrogen-bond donors (Lipinski definition) is 1. The van der Waals surface area contributed by atoms with Gasteiger partial charge in [0.15, 0.2) is 5.75 Å². The molecule has 1 saturated heterocycles. The fourth-order valence-electron chi connectivity index (χ4n) is 5.23. The average Bonchev–Trinajstić information content (AvgIpc) is 2.91. The molecule has 0 amide bonds. The number of carbonyl (C=O) groups is 1. The van der Waals surface area contributed by atoms with E-state index in [2.05, 4.69) is 28.9 Å². The van der Waals surface area contributed by atoms with Crippen LogP contribution in [0.15, 0.2) is 77.7 Å². The largest absolute Gasteiger partial charge is 0.511 e. The van der Waals surface area contributed by atoms with Crippen LogP contribution in [0.2, 0.25) is 0 Å². The second-order valence-corrected chi connectivity index (χ2v) is 10.1. The number of carboxylic acid groups (broad SMARTS) is 1. The summed E-state index contributed by atoms with van der Waals surface area (Å²) in [5, 5.41) is 9.23. The zero-order valence-electron chi connectivity index (χ0n) is 22.2. The first kappa shape index (κ1) is 26.2. The van der Waals surface area contributed by atoms with Crippen LogP contribution in [0.3, 0.4) is 0 Å². The number of para-hydroxylation sites is 1. The second-order valence-electron chi connectivity index (χ2n) is 10.1. The molecule has 1 fully saturated rings. The third-order valence-electron chi connectivity index (χ3n) is 7.01. The zero-order chi connectivity index (χ0) is 27.7. The van der Waals surface area contributed by atoms with E-state index in [0.717, 1.165) is 24.3 Å². The van der Waals surface area contributed by atoms with Crippen molar-refractivity contribution in [1.82, 2.24) is 9.47 Å². The molecule has 1 aliphatic rings. The van der Waals surface area contributed by atoms with E-state index in [4.69, 9.17) is 4.74 Å². The molecule has 1 atom stereocenters. The Labute approximate surface area is 226 Å². The summed E-state index contributed by atoms with van der Waals surface area (Å²) in [7, 11) is 3.96. The van der Waals surface area contributed by atoms with E-state index in [1.807, 2.05) is 61.5 Å². The molecule has 39 heavy (non-hydrogen) atoms. The lowest BCUT2D eigenvalue weighted by Crippen LogP contribution is -2.52. The fraction of sp³-hybridized carbons (Fsp3) is 0.267. The Morgan fingerprint density at radius 1 is 1.05 bits per heavy atom. The number of anilines is 2. The van der Waals surface area contributed by atoms with Gasteiger partial charge in [-0.1, -0.05) is 30.3 Å². The number of benzene rings is 3. The number of nitrogens with zero attached hydrogens (tertiary/aromatic N) is 4. The molecular weight excluding hydrogens is 499 g/mol. The van der Waals surface area contributed by atoms with Crippen LogP contribution in [0.5, 0.6) is 5.75 Å². The summed E-state index contributed by atoms with van der Waals surface area (Å²) in [5.74, 6) is -0.927. The third-order valence-corrected chi connectivity index (χ3v) is 7.01. The summed E-state index contributed by atoms with van der Waals surface area (Å²) in [6.45, 7) is 4.84. The average molecular weight is 531 g/mol. The molecule has 0 spiro atoms. The lowest BCUT2D eigenvalue weighted by atomic mass is 10.1. The normalized spacial score (nSPS) is 15.7. The van der Waals surface area contributed by atoms with Gasteiger partial charge in [0.2, 0.25) is 5.43 Å². The first-order chi connectivity index (χ1) is 18.7. The van der Waals surface area contributed by atoms with Gasteiger partial charge in [-0.3, -0.25) is 4.79 Å². The van der Waals surface area contributed by atoms with E-state index in [1.54, 1.807) is 10.6 Å². The van der Waals surface area contributed by atoms with Crippen LogP contribution in [-0.2, 0) is 6.54 Å². The van der Waals surface area contributed by atoms with Gasteiger partial charge in [0.05, 0.1) is 22.8 Å². The molecule has 0 bridgehead atoms. The highest BCUT2D eigenvalue weighted by Gasteiger charge is 2.27. The van der Waals surface area contributed by atoms with Gasteiger partial charge in [0.1, 0.15) is 5.82 Å². The van der Waals surface area contributed by atoms with Gasteiger partial charge in [0.25, 0.3) is 0 Å². The fourth-order valence-corrected chi connectivity index (χ4v) is 5.23. The van der Waals surface area contributed by atoms with Crippen molar-refractivity contribution in [3.8, 4) is 11.4 Å². The number of hydrogen-bond acceptors (Lipinski definition) is 6. The summed E-state index contributed by atoms with van der Waals surface area (Å²) in [6, 6.07) is 20.7. The molecule has 8 nitrogen and oxygen atoms in total. The van der Waals surface area contributed by atoms with Gasteiger partial charge >= 0.3 is 6.16 Å². The van der Waals surface area contributed by atoms with E-state index < -0.39 is 17.4 Å². The number of rotatable bonds is 6. The number of fused-ring (bicyclic) bond motifs is 1. The van der Waals surface area contributed by atoms with Crippen molar-refractivity contribution in [2.45, 2.75) is 19.5 Å². The highest BCUT2D eigenvalue weighted by Crippen LogP contribution is 2.31. The topological polar surface area (TPSA) is 78.2 Å². The molecular formula is C30H31FN4O4. The van der Waals surface area contributed by atoms with Crippen molar-refractivity contribution >= 4 is 28.4 Å². The van der Waals surface area contributed by atoms with Gasteiger partial charge in [0, 0.05) is 43.6 Å². The van der Waals surface area contributed by atoms with Crippen LogP contribution in [-0.4, -0.2) is 60.5 Å². The Morgan fingerprint density at radius 3 is 2.41 bits per heavy atom. The summed E-state index contributed by atoms with van der Waals surface area (Å²) in [5.41, 5.74) is 3.09. The quantitative estimate of drug-likeness (QED) is 0.353. The van der Waals surface area contributed by atoms with Gasteiger partial charge in [-0.25, -0.2) is 9.18 Å². The zero-order valence-corrected chi connectivity index (χ0v) is 22.2. The second kappa shape index (κ2) is 10.8. The van der Waals surface area contributed by atoms with Crippen molar-refractivity contribution in [1.29, 1.82) is 0 Å². The lowest BCUT2D eigenvalue weighted by Gasteiger charge is -2.42. The molecule has 2 heterocycles. The molecule has 202 valence electrons. The summed E-state index contributed by atoms with van der Waals surface area (Å²) in [4.78, 5) is 30.8. The summed E-state index contributed by atoms with van der Waals surface area (Å²) < 4.78 is 22.1. The molecule has 1 aromatic heterocycles. The first-order valence-corrected chi connectivity index (χ1v) is 12.8. The van der Waals surface area contributed by atoms with Crippen LogP contribution < -0.4 is 20.0 Å². The number of pyridine rings is 1. The first-order valence-electron chi connectivity index (χ1n) is 12.8. The van der Waals surface area contributed by atoms with Gasteiger partial charge in [-0.2, -0.15) is 0 Å². The van der Waals surface area contributed by atoms with E-state index in [9.17, 15) is 14.7 Å². The molecule has 0 radical (unpaired) electrons. The molecule has 4 aromatic rings. The maximum atomic E-state index is 15.6.